The second kappa shape index (κ2) is 8.06. The van der Waals surface area contributed by atoms with E-state index < -0.39 is 13.0 Å². The zero-order valence-electron chi connectivity index (χ0n) is 10.4. The minimum atomic E-state index is -2.44. The van der Waals surface area contributed by atoms with E-state index in [1.807, 2.05) is 6.92 Å². The van der Waals surface area contributed by atoms with Crippen LogP contribution in [0.5, 0.6) is 0 Å². The van der Waals surface area contributed by atoms with Crippen molar-refractivity contribution in [2.24, 2.45) is 5.84 Å². The van der Waals surface area contributed by atoms with Gasteiger partial charge in [-0.05, 0) is 12.8 Å². The van der Waals surface area contributed by atoms with Gasteiger partial charge < -0.3 is 4.74 Å². The number of aryl methyl sites for hydroxylation is 1. The number of hydrazine groups is 1. The third-order valence-electron chi connectivity index (χ3n) is 2.44. The topological polar surface area (TPSA) is 78.0 Å². The number of nitrogens with two attached hydrogens (primary N) is 1. The molecule has 0 spiro atoms. The molecule has 1 aromatic heterocycles. The minimum Gasteiger partial charge on any atom is -0.375 e. The monoisotopic (exact) mass is 263 g/mol. The number of aromatic nitrogens is 3. The van der Waals surface area contributed by atoms with Crippen LogP contribution in [0.3, 0.4) is 0 Å². The van der Waals surface area contributed by atoms with Crippen molar-refractivity contribution in [3.63, 3.8) is 0 Å². The number of hydrogen-bond acceptors (Lipinski definition) is 5. The lowest BCUT2D eigenvalue weighted by Crippen LogP contribution is -2.31. The van der Waals surface area contributed by atoms with E-state index in [1.54, 1.807) is 10.9 Å². The fourth-order valence-corrected chi connectivity index (χ4v) is 1.61. The quantitative estimate of drug-likeness (QED) is 0.392. The van der Waals surface area contributed by atoms with Crippen LogP contribution >= 0.6 is 0 Å². The van der Waals surface area contributed by atoms with Gasteiger partial charge in [-0.15, -0.1) is 5.10 Å². The lowest BCUT2D eigenvalue weighted by molar-refractivity contribution is 0.0141. The largest absolute Gasteiger partial charge is 0.375 e. The van der Waals surface area contributed by atoms with Crippen molar-refractivity contribution in [1.29, 1.82) is 0 Å². The number of ether oxygens (including phenoxy) is 1. The summed E-state index contributed by atoms with van der Waals surface area (Å²) in [6, 6.07) is -0.204. The molecular formula is C10H19F2N5O. The molecule has 3 N–H and O–H groups in total. The van der Waals surface area contributed by atoms with Crippen LogP contribution in [0.1, 0.15) is 31.5 Å². The number of hydrogen-bond donors (Lipinski definition) is 2. The zero-order valence-corrected chi connectivity index (χ0v) is 10.4. The first kappa shape index (κ1) is 14.9. The second-order valence-corrected chi connectivity index (χ2v) is 3.86. The molecule has 0 aliphatic heterocycles. The molecule has 0 radical (unpaired) electrons. The van der Waals surface area contributed by atoms with Crippen LogP contribution in [-0.2, 0) is 11.3 Å². The predicted octanol–water partition coefficient (Wildman–Crippen LogP) is 0.864. The molecule has 0 saturated heterocycles. The lowest BCUT2D eigenvalue weighted by Gasteiger charge is -2.16. The molecule has 18 heavy (non-hydrogen) atoms. The Morgan fingerprint density at radius 1 is 1.56 bits per heavy atom. The summed E-state index contributed by atoms with van der Waals surface area (Å²) in [6.07, 6.45) is 0.588. The third kappa shape index (κ3) is 4.63. The van der Waals surface area contributed by atoms with E-state index in [1.165, 1.54) is 0 Å². The Balaban J connectivity index is 2.46. The number of nitrogens with one attached hydrogen (secondary N) is 1. The first-order valence-electron chi connectivity index (χ1n) is 5.89. The molecule has 0 aromatic carbocycles. The first-order chi connectivity index (χ1) is 8.69. The van der Waals surface area contributed by atoms with Gasteiger partial charge in [0.15, 0.2) is 0 Å². The summed E-state index contributed by atoms with van der Waals surface area (Å²) >= 11 is 0. The SMILES string of the molecule is CCCn1nncc1C(CCOCC(F)F)NN. The van der Waals surface area contributed by atoms with Crippen molar-refractivity contribution in [3.05, 3.63) is 11.9 Å². The Kier molecular flexibility index (Phi) is 6.69. The number of rotatable bonds is 9. The highest BCUT2D eigenvalue weighted by Crippen LogP contribution is 2.15. The van der Waals surface area contributed by atoms with Gasteiger partial charge in [0, 0.05) is 13.2 Å². The Morgan fingerprint density at radius 2 is 2.33 bits per heavy atom. The Bertz CT molecular complexity index is 334. The minimum absolute atomic E-state index is 0.204. The molecule has 8 heteroatoms. The molecular weight excluding hydrogens is 244 g/mol. The number of alkyl halides is 2. The highest BCUT2D eigenvalue weighted by molar-refractivity contribution is 5.01. The summed E-state index contributed by atoms with van der Waals surface area (Å²) in [6.45, 7) is 2.42. The summed E-state index contributed by atoms with van der Waals surface area (Å²) in [7, 11) is 0. The molecule has 1 unspecified atom stereocenters. The van der Waals surface area contributed by atoms with Crippen LogP contribution in [-0.4, -0.2) is 34.6 Å². The first-order valence-corrected chi connectivity index (χ1v) is 5.89. The highest BCUT2D eigenvalue weighted by Gasteiger charge is 2.15. The molecule has 1 heterocycles. The molecule has 1 atom stereocenters. The fraction of sp³-hybridized carbons (Fsp3) is 0.800. The average Bonchev–Trinajstić information content (AvgIpc) is 2.78. The van der Waals surface area contributed by atoms with E-state index in [4.69, 9.17) is 10.6 Å². The number of halogens is 2. The van der Waals surface area contributed by atoms with Gasteiger partial charge in [0.25, 0.3) is 6.43 Å². The van der Waals surface area contributed by atoms with Gasteiger partial charge in [0.2, 0.25) is 0 Å². The van der Waals surface area contributed by atoms with Crippen LogP contribution in [0.15, 0.2) is 6.20 Å². The molecule has 0 fully saturated rings. The van der Waals surface area contributed by atoms with E-state index in [-0.39, 0.29) is 12.6 Å². The number of nitrogens with zero attached hydrogens (tertiary/aromatic N) is 3. The van der Waals surface area contributed by atoms with E-state index >= 15 is 0 Å². The van der Waals surface area contributed by atoms with Crippen molar-refractivity contribution in [2.45, 2.75) is 38.8 Å². The molecule has 104 valence electrons. The average molecular weight is 263 g/mol. The molecule has 1 rings (SSSR count). The van der Waals surface area contributed by atoms with Crippen LogP contribution in [0.4, 0.5) is 8.78 Å². The van der Waals surface area contributed by atoms with E-state index in [0.717, 1.165) is 18.7 Å². The van der Waals surface area contributed by atoms with Gasteiger partial charge in [0.05, 0.1) is 17.9 Å². The zero-order chi connectivity index (χ0) is 13.4. The van der Waals surface area contributed by atoms with E-state index in [2.05, 4.69) is 15.7 Å². The van der Waals surface area contributed by atoms with Gasteiger partial charge >= 0.3 is 0 Å². The second-order valence-electron chi connectivity index (χ2n) is 3.86. The molecule has 6 nitrogen and oxygen atoms in total. The Morgan fingerprint density at radius 3 is 2.94 bits per heavy atom. The van der Waals surface area contributed by atoms with Crippen LogP contribution < -0.4 is 11.3 Å². The van der Waals surface area contributed by atoms with Crippen LogP contribution in [0, 0.1) is 0 Å². The van der Waals surface area contributed by atoms with Crippen LogP contribution in [0.25, 0.3) is 0 Å². The van der Waals surface area contributed by atoms with Crippen molar-refractivity contribution >= 4 is 0 Å². The molecule has 0 amide bonds. The van der Waals surface area contributed by atoms with E-state index in [0.29, 0.717) is 6.42 Å². The van der Waals surface area contributed by atoms with Crippen LogP contribution in [0.2, 0.25) is 0 Å². The predicted molar refractivity (Wildman–Crippen MR) is 61.8 cm³/mol. The summed E-state index contributed by atoms with van der Waals surface area (Å²) in [4.78, 5) is 0. The molecule has 0 aliphatic carbocycles. The van der Waals surface area contributed by atoms with Crippen molar-refractivity contribution < 1.29 is 13.5 Å². The van der Waals surface area contributed by atoms with Gasteiger partial charge in [-0.3, -0.25) is 11.3 Å². The summed E-state index contributed by atoms with van der Waals surface area (Å²) < 4.78 is 30.4. The fourth-order valence-electron chi connectivity index (χ4n) is 1.61. The summed E-state index contributed by atoms with van der Waals surface area (Å²) in [5.41, 5.74) is 3.46. The van der Waals surface area contributed by atoms with Gasteiger partial charge in [-0.25, -0.2) is 13.5 Å². The standard InChI is InChI=1S/C10H19F2N5O/c1-2-4-17-9(6-14-16-17)8(15-13)3-5-18-7-10(11)12/h6,8,10,15H,2-5,7,13H2,1H3. The maximum absolute atomic E-state index is 11.9. The molecule has 0 saturated carbocycles. The van der Waals surface area contributed by atoms with Gasteiger partial charge in [0.1, 0.15) is 6.61 Å². The molecule has 0 bridgehead atoms. The Labute approximate surface area is 104 Å². The lowest BCUT2D eigenvalue weighted by atomic mass is 10.1. The van der Waals surface area contributed by atoms with Gasteiger partial charge in [-0.1, -0.05) is 12.1 Å². The summed E-state index contributed by atoms with van der Waals surface area (Å²) in [5, 5.41) is 7.76. The Hall–Kier alpha value is -1.12. The maximum atomic E-state index is 11.9. The van der Waals surface area contributed by atoms with Gasteiger partial charge in [-0.2, -0.15) is 0 Å². The highest BCUT2D eigenvalue weighted by atomic mass is 19.3. The van der Waals surface area contributed by atoms with Crippen molar-refractivity contribution in [3.8, 4) is 0 Å². The van der Waals surface area contributed by atoms with E-state index in [9.17, 15) is 8.78 Å². The van der Waals surface area contributed by atoms with Crippen molar-refractivity contribution in [2.75, 3.05) is 13.2 Å². The van der Waals surface area contributed by atoms with Crippen molar-refractivity contribution in [1.82, 2.24) is 20.4 Å². The summed E-state index contributed by atoms with van der Waals surface area (Å²) in [5.74, 6) is 5.45. The normalized spacial score (nSPS) is 13.2. The molecule has 1 aromatic rings. The smallest absolute Gasteiger partial charge is 0.261 e. The molecule has 0 aliphatic rings. The third-order valence-corrected chi connectivity index (χ3v) is 2.44. The maximum Gasteiger partial charge on any atom is 0.261 e.